The van der Waals surface area contributed by atoms with Crippen LogP contribution in [0.15, 0.2) is 146 Å². The van der Waals surface area contributed by atoms with Crippen molar-refractivity contribution in [2.24, 2.45) is 5.41 Å². The second-order valence-electron chi connectivity index (χ2n) is 15.1. The summed E-state index contributed by atoms with van der Waals surface area (Å²) < 4.78 is 29.1. The number of anilines is 6. The highest BCUT2D eigenvalue weighted by Crippen LogP contribution is 2.62. The molecule has 0 bridgehead atoms. The zero-order valence-electron chi connectivity index (χ0n) is 33.0. The first-order chi connectivity index (χ1) is 24.6. The van der Waals surface area contributed by atoms with Gasteiger partial charge in [0.2, 0.25) is 0 Å². The molecule has 246 valence electrons. The SMILES string of the molecule is [2H]c1c([2H])c2c(c([2H])c1-c1cc(N(c3ccccc3)c3ccccc3)cc(N(c3ccc(C)cc3)c3ccc(C)cc3)c1)C(C)(C)C(C)(C)C2(C)C. The van der Waals surface area contributed by atoms with Gasteiger partial charge in [0.05, 0.1) is 4.11 Å². The molecule has 0 radical (unpaired) electrons. The molecule has 6 aromatic rings. The van der Waals surface area contributed by atoms with E-state index in [2.05, 4.69) is 156 Å². The van der Waals surface area contributed by atoms with E-state index in [-0.39, 0.29) is 17.5 Å². The van der Waals surface area contributed by atoms with E-state index in [0.29, 0.717) is 11.6 Å². The fraction of sp³-hybridized carbons (Fsp3) is 0.234. The molecule has 1 aliphatic rings. The summed E-state index contributed by atoms with van der Waals surface area (Å²) in [5.41, 5.74) is 9.99. The lowest BCUT2D eigenvalue weighted by Gasteiger charge is -2.44. The van der Waals surface area contributed by atoms with Crippen LogP contribution in [0, 0.1) is 19.3 Å². The third-order valence-corrected chi connectivity index (χ3v) is 11.5. The van der Waals surface area contributed by atoms with E-state index in [1.54, 1.807) is 0 Å². The van der Waals surface area contributed by atoms with Crippen LogP contribution in [0.5, 0.6) is 0 Å². The van der Waals surface area contributed by atoms with E-state index >= 15 is 0 Å². The Hall–Kier alpha value is -5.08. The van der Waals surface area contributed by atoms with Gasteiger partial charge in [0.25, 0.3) is 0 Å². The van der Waals surface area contributed by atoms with Gasteiger partial charge in [-0.1, -0.05) is 131 Å². The maximum Gasteiger partial charge on any atom is 0.0632 e. The fourth-order valence-electron chi connectivity index (χ4n) is 7.33. The molecule has 6 aromatic carbocycles. The molecule has 0 aliphatic heterocycles. The number of rotatable bonds is 7. The molecule has 2 heteroatoms. The summed E-state index contributed by atoms with van der Waals surface area (Å²) in [6, 6.07) is 44.8. The highest BCUT2D eigenvalue weighted by atomic mass is 15.2. The van der Waals surface area contributed by atoms with Gasteiger partial charge in [0.1, 0.15) is 0 Å². The Kier molecular flexibility index (Phi) is 7.14. The van der Waals surface area contributed by atoms with Crippen molar-refractivity contribution in [3.8, 4) is 11.1 Å². The Morgan fingerprint density at radius 1 is 0.429 bits per heavy atom. The summed E-state index contributed by atoms with van der Waals surface area (Å²) in [6.07, 6.45) is 0. The van der Waals surface area contributed by atoms with Crippen molar-refractivity contribution in [1.29, 1.82) is 0 Å². The number of hydrogen-bond acceptors (Lipinski definition) is 2. The summed E-state index contributed by atoms with van der Waals surface area (Å²) in [5.74, 6) is 0. The summed E-state index contributed by atoms with van der Waals surface area (Å²) >= 11 is 0. The van der Waals surface area contributed by atoms with E-state index in [1.807, 2.05) is 36.4 Å². The molecule has 0 N–H and O–H groups in total. The normalized spacial score (nSPS) is 16.3. The minimum Gasteiger partial charge on any atom is -0.310 e. The Labute approximate surface area is 297 Å². The number of fused-ring (bicyclic) bond motifs is 1. The highest BCUT2D eigenvalue weighted by molar-refractivity contribution is 5.87. The summed E-state index contributed by atoms with van der Waals surface area (Å²) in [5, 5.41) is 0. The third-order valence-electron chi connectivity index (χ3n) is 11.5. The van der Waals surface area contributed by atoms with Crippen LogP contribution < -0.4 is 9.80 Å². The van der Waals surface area contributed by atoms with Gasteiger partial charge in [-0.2, -0.15) is 0 Å². The Balaban J connectivity index is 1.58. The summed E-state index contributed by atoms with van der Waals surface area (Å²) in [6.45, 7) is 17.4. The number of nitrogens with zero attached hydrogens (tertiary/aromatic N) is 2. The largest absolute Gasteiger partial charge is 0.310 e. The molecule has 1 aliphatic carbocycles. The van der Waals surface area contributed by atoms with Gasteiger partial charge < -0.3 is 9.80 Å². The second kappa shape index (κ2) is 12.1. The lowest BCUT2D eigenvalue weighted by molar-refractivity contribution is 0.125. The zero-order chi connectivity index (χ0) is 37.2. The van der Waals surface area contributed by atoms with Crippen molar-refractivity contribution in [3.63, 3.8) is 0 Å². The van der Waals surface area contributed by atoms with E-state index in [0.717, 1.165) is 50.8 Å². The van der Waals surface area contributed by atoms with Gasteiger partial charge in [-0.05, 0) is 119 Å². The van der Waals surface area contributed by atoms with Crippen molar-refractivity contribution in [1.82, 2.24) is 0 Å². The van der Waals surface area contributed by atoms with E-state index in [1.165, 1.54) is 11.1 Å². The minimum absolute atomic E-state index is 0.0941. The van der Waals surface area contributed by atoms with Crippen molar-refractivity contribution in [2.75, 3.05) is 9.80 Å². The van der Waals surface area contributed by atoms with E-state index < -0.39 is 10.8 Å². The molecular weight excluding hydrogens is 593 g/mol. The topological polar surface area (TPSA) is 6.48 Å². The molecule has 0 aromatic heterocycles. The van der Waals surface area contributed by atoms with Crippen molar-refractivity contribution >= 4 is 34.1 Å². The van der Waals surface area contributed by atoms with Gasteiger partial charge in [-0.15, -0.1) is 0 Å². The molecule has 0 fully saturated rings. The Bertz CT molecular complexity index is 2170. The molecule has 0 amide bonds. The highest BCUT2D eigenvalue weighted by Gasteiger charge is 2.56. The number of benzene rings is 6. The van der Waals surface area contributed by atoms with Gasteiger partial charge in [0, 0.05) is 34.1 Å². The van der Waals surface area contributed by atoms with E-state index in [9.17, 15) is 4.11 Å². The quantitative estimate of drug-likeness (QED) is 0.171. The molecule has 0 saturated heterocycles. The summed E-state index contributed by atoms with van der Waals surface area (Å²) in [7, 11) is 0. The Morgan fingerprint density at radius 2 is 0.837 bits per heavy atom. The second-order valence-corrected chi connectivity index (χ2v) is 15.1. The van der Waals surface area contributed by atoms with E-state index in [4.69, 9.17) is 0 Å². The molecule has 0 heterocycles. The first-order valence-electron chi connectivity index (χ1n) is 18.8. The first-order valence-corrected chi connectivity index (χ1v) is 17.3. The van der Waals surface area contributed by atoms with Gasteiger partial charge in [0.15, 0.2) is 0 Å². The van der Waals surface area contributed by atoms with Crippen LogP contribution in [0.3, 0.4) is 0 Å². The van der Waals surface area contributed by atoms with Crippen LogP contribution in [0.25, 0.3) is 11.1 Å². The van der Waals surface area contributed by atoms with Gasteiger partial charge in [-0.25, -0.2) is 0 Å². The van der Waals surface area contributed by atoms with Crippen LogP contribution in [-0.4, -0.2) is 0 Å². The molecule has 2 nitrogen and oxygen atoms in total. The fourth-order valence-corrected chi connectivity index (χ4v) is 7.33. The third kappa shape index (κ3) is 5.54. The monoisotopic (exact) mass is 643 g/mol. The average Bonchev–Trinajstić information content (AvgIpc) is 3.23. The molecule has 7 rings (SSSR count). The van der Waals surface area contributed by atoms with Crippen LogP contribution in [-0.2, 0) is 10.8 Å². The number of hydrogen-bond donors (Lipinski definition) is 0. The predicted molar refractivity (Wildman–Crippen MR) is 211 cm³/mol. The number of para-hydroxylation sites is 2. The smallest absolute Gasteiger partial charge is 0.0632 e. The minimum atomic E-state index is -0.405. The Morgan fingerprint density at radius 3 is 1.29 bits per heavy atom. The first kappa shape index (κ1) is 28.9. The van der Waals surface area contributed by atoms with Gasteiger partial charge >= 0.3 is 0 Å². The molecule has 49 heavy (non-hydrogen) atoms. The maximum absolute atomic E-state index is 9.94. The lowest BCUT2D eigenvalue weighted by Crippen LogP contribution is -2.42. The van der Waals surface area contributed by atoms with Crippen LogP contribution in [0.4, 0.5) is 34.1 Å². The van der Waals surface area contributed by atoms with Crippen LogP contribution >= 0.6 is 0 Å². The van der Waals surface area contributed by atoms with Crippen LogP contribution in [0.1, 0.15) is 67.9 Å². The standard InChI is InChI=1S/C47H48N2/c1-33-19-24-39(25-20-33)49(40-26-21-34(2)22-27-40)42-30-36(35-23-28-43-44(31-35)46(5,6)47(7,8)45(43,3)4)29-41(32-42)48(37-15-11-9-12-16-37)38-17-13-10-14-18-38/h9-32H,1-8H3/i23D,28D,31D. The molecule has 0 spiro atoms. The van der Waals surface area contributed by atoms with Crippen molar-refractivity contribution in [2.45, 2.75) is 66.2 Å². The molecule has 0 unspecified atom stereocenters. The van der Waals surface area contributed by atoms with Gasteiger partial charge in [-0.3, -0.25) is 0 Å². The average molecular weight is 644 g/mol. The molecule has 0 atom stereocenters. The van der Waals surface area contributed by atoms with Crippen molar-refractivity contribution < 1.29 is 4.11 Å². The lowest BCUT2D eigenvalue weighted by atomic mass is 9.59. The maximum atomic E-state index is 9.94. The number of aryl methyl sites for hydroxylation is 2. The summed E-state index contributed by atoms with van der Waals surface area (Å²) in [4.78, 5) is 4.48. The van der Waals surface area contributed by atoms with Crippen molar-refractivity contribution in [3.05, 3.63) is 168 Å². The molecule has 0 saturated carbocycles. The molecular formula is C47H48N2. The zero-order valence-corrected chi connectivity index (χ0v) is 30.0. The van der Waals surface area contributed by atoms with Crippen LogP contribution in [0.2, 0.25) is 0 Å². The predicted octanol–water partition coefficient (Wildman–Crippen LogP) is 13.5.